The average molecular weight is 217 g/mol. The molecule has 0 bridgehead atoms. The van der Waals surface area contributed by atoms with E-state index in [-0.39, 0.29) is 12.0 Å². The van der Waals surface area contributed by atoms with Crippen molar-refractivity contribution in [3.8, 4) is 0 Å². The topological polar surface area (TPSA) is 61.7 Å². The van der Waals surface area contributed by atoms with Crippen LogP contribution in [0, 0.1) is 5.41 Å². The van der Waals surface area contributed by atoms with Crippen LogP contribution in [0.15, 0.2) is 0 Å². The second kappa shape index (κ2) is 5.25. The third-order valence-corrected chi connectivity index (χ3v) is 2.91. The van der Waals surface area contributed by atoms with Crippen LogP contribution < -0.4 is 5.32 Å². The van der Waals surface area contributed by atoms with Crippen LogP contribution in [0.2, 0.25) is 0 Å². The lowest BCUT2D eigenvalue weighted by atomic mass is 9.92. The number of ether oxygens (including phenoxy) is 1. The molecule has 0 aromatic rings. The molecule has 1 aliphatic rings. The Labute approximate surface area is 91.6 Å². The molecule has 4 nitrogen and oxygen atoms in total. The van der Waals surface area contributed by atoms with Gasteiger partial charge in [-0.3, -0.25) is 0 Å². The lowest BCUT2D eigenvalue weighted by molar-refractivity contribution is -0.0626. The van der Waals surface area contributed by atoms with Crippen molar-refractivity contribution >= 4 is 0 Å². The molecule has 0 saturated carbocycles. The summed E-state index contributed by atoms with van der Waals surface area (Å²) in [6.07, 6.45) is 1.39. The minimum atomic E-state index is -0.621. The second-order valence-corrected chi connectivity index (χ2v) is 5.26. The second-order valence-electron chi connectivity index (χ2n) is 5.26. The Morgan fingerprint density at radius 2 is 1.93 bits per heavy atom. The molecule has 0 aromatic carbocycles. The molecule has 3 N–H and O–H groups in total. The normalized spacial score (nSPS) is 21.6. The molecule has 4 heteroatoms. The van der Waals surface area contributed by atoms with Gasteiger partial charge in [-0.05, 0) is 0 Å². The Balaban J connectivity index is 2.24. The largest absolute Gasteiger partial charge is 0.396 e. The van der Waals surface area contributed by atoms with Gasteiger partial charge < -0.3 is 20.3 Å². The van der Waals surface area contributed by atoms with Crippen molar-refractivity contribution in [1.29, 1.82) is 0 Å². The molecule has 1 aliphatic heterocycles. The molecule has 0 radical (unpaired) electrons. The molecule has 15 heavy (non-hydrogen) atoms. The van der Waals surface area contributed by atoms with Gasteiger partial charge in [0.05, 0.1) is 5.60 Å². The van der Waals surface area contributed by atoms with Crippen LogP contribution in [0.3, 0.4) is 0 Å². The van der Waals surface area contributed by atoms with Crippen LogP contribution in [-0.2, 0) is 4.74 Å². The SMILES string of the molecule is CC(C)(CO)CNCC1(O)CCOCC1. The first-order chi connectivity index (χ1) is 6.97. The number of hydrogen-bond acceptors (Lipinski definition) is 4. The highest BCUT2D eigenvalue weighted by Crippen LogP contribution is 2.20. The summed E-state index contributed by atoms with van der Waals surface area (Å²) in [7, 11) is 0. The van der Waals surface area contributed by atoms with E-state index in [1.165, 1.54) is 0 Å². The van der Waals surface area contributed by atoms with Gasteiger partial charge >= 0.3 is 0 Å². The van der Waals surface area contributed by atoms with Gasteiger partial charge in [0.25, 0.3) is 0 Å². The predicted octanol–water partition coefficient (Wildman–Crippen LogP) is 0.136. The van der Waals surface area contributed by atoms with E-state index in [4.69, 9.17) is 9.84 Å². The first-order valence-electron chi connectivity index (χ1n) is 5.59. The first-order valence-corrected chi connectivity index (χ1v) is 5.59. The summed E-state index contributed by atoms with van der Waals surface area (Å²) in [4.78, 5) is 0. The monoisotopic (exact) mass is 217 g/mol. The summed E-state index contributed by atoms with van der Waals surface area (Å²) in [5.74, 6) is 0. The molecule has 1 fully saturated rings. The fourth-order valence-corrected chi connectivity index (χ4v) is 1.62. The van der Waals surface area contributed by atoms with E-state index in [9.17, 15) is 5.11 Å². The van der Waals surface area contributed by atoms with E-state index < -0.39 is 5.60 Å². The fourth-order valence-electron chi connectivity index (χ4n) is 1.62. The predicted molar refractivity (Wildman–Crippen MR) is 58.7 cm³/mol. The maximum absolute atomic E-state index is 10.1. The number of hydrogen-bond donors (Lipinski definition) is 3. The molecule has 0 spiro atoms. The summed E-state index contributed by atoms with van der Waals surface area (Å²) in [5, 5.41) is 22.4. The molecular formula is C11H23NO3. The third kappa shape index (κ3) is 4.47. The zero-order chi connectivity index (χ0) is 11.4. The minimum absolute atomic E-state index is 0.123. The quantitative estimate of drug-likeness (QED) is 0.613. The Kier molecular flexibility index (Phi) is 4.52. The Morgan fingerprint density at radius 1 is 1.33 bits per heavy atom. The van der Waals surface area contributed by atoms with Crippen LogP contribution in [0.4, 0.5) is 0 Å². The Bertz CT molecular complexity index is 188. The van der Waals surface area contributed by atoms with E-state index in [1.54, 1.807) is 0 Å². The molecule has 1 heterocycles. The fraction of sp³-hybridized carbons (Fsp3) is 1.00. The molecule has 0 amide bonds. The molecule has 1 saturated heterocycles. The molecule has 0 atom stereocenters. The molecule has 90 valence electrons. The molecular weight excluding hydrogens is 194 g/mol. The maximum Gasteiger partial charge on any atom is 0.0815 e. The van der Waals surface area contributed by atoms with E-state index in [1.807, 2.05) is 13.8 Å². The van der Waals surface area contributed by atoms with E-state index in [0.29, 0.717) is 39.1 Å². The zero-order valence-corrected chi connectivity index (χ0v) is 9.75. The highest BCUT2D eigenvalue weighted by atomic mass is 16.5. The van der Waals surface area contributed by atoms with Crippen LogP contribution in [0.25, 0.3) is 0 Å². The highest BCUT2D eigenvalue weighted by Gasteiger charge is 2.29. The van der Waals surface area contributed by atoms with Crippen molar-refractivity contribution in [3.63, 3.8) is 0 Å². The van der Waals surface area contributed by atoms with Crippen molar-refractivity contribution < 1.29 is 14.9 Å². The average Bonchev–Trinajstić information content (AvgIpc) is 2.18. The first kappa shape index (κ1) is 12.9. The number of aliphatic hydroxyl groups excluding tert-OH is 1. The molecule has 0 aromatic heterocycles. The van der Waals surface area contributed by atoms with Gasteiger partial charge in [0, 0.05) is 51.2 Å². The molecule has 0 unspecified atom stereocenters. The van der Waals surface area contributed by atoms with Gasteiger partial charge in [-0.2, -0.15) is 0 Å². The Hall–Kier alpha value is -0.160. The summed E-state index contributed by atoms with van der Waals surface area (Å²) < 4.78 is 5.21. The lowest BCUT2D eigenvalue weighted by Gasteiger charge is -2.33. The van der Waals surface area contributed by atoms with E-state index in [0.717, 1.165) is 0 Å². The van der Waals surface area contributed by atoms with Gasteiger partial charge in [0.15, 0.2) is 0 Å². The van der Waals surface area contributed by atoms with Crippen LogP contribution in [0.1, 0.15) is 26.7 Å². The third-order valence-electron chi connectivity index (χ3n) is 2.91. The van der Waals surface area contributed by atoms with Gasteiger partial charge in [-0.15, -0.1) is 0 Å². The van der Waals surface area contributed by atoms with Crippen molar-refractivity contribution in [3.05, 3.63) is 0 Å². The van der Waals surface area contributed by atoms with Crippen LogP contribution in [-0.4, -0.2) is 48.7 Å². The van der Waals surface area contributed by atoms with Gasteiger partial charge in [0.1, 0.15) is 0 Å². The Morgan fingerprint density at radius 3 is 2.47 bits per heavy atom. The van der Waals surface area contributed by atoms with Gasteiger partial charge in [-0.25, -0.2) is 0 Å². The number of rotatable bonds is 5. The van der Waals surface area contributed by atoms with Crippen molar-refractivity contribution in [2.75, 3.05) is 32.9 Å². The van der Waals surface area contributed by atoms with Crippen molar-refractivity contribution in [2.24, 2.45) is 5.41 Å². The summed E-state index contributed by atoms with van der Waals surface area (Å²) >= 11 is 0. The van der Waals surface area contributed by atoms with Gasteiger partial charge in [-0.1, -0.05) is 13.8 Å². The van der Waals surface area contributed by atoms with Crippen LogP contribution in [0.5, 0.6) is 0 Å². The van der Waals surface area contributed by atoms with E-state index in [2.05, 4.69) is 5.32 Å². The zero-order valence-electron chi connectivity index (χ0n) is 9.75. The smallest absolute Gasteiger partial charge is 0.0815 e. The molecule has 0 aliphatic carbocycles. The summed E-state index contributed by atoms with van der Waals surface area (Å²) in [6.45, 7) is 6.72. The van der Waals surface area contributed by atoms with Crippen molar-refractivity contribution in [2.45, 2.75) is 32.3 Å². The van der Waals surface area contributed by atoms with E-state index >= 15 is 0 Å². The van der Waals surface area contributed by atoms with Crippen LogP contribution >= 0.6 is 0 Å². The minimum Gasteiger partial charge on any atom is -0.396 e. The molecule has 1 rings (SSSR count). The summed E-state index contributed by atoms with van der Waals surface area (Å²) in [6, 6.07) is 0. The van der Waals surface area contributed by atoms with Gasteiger partial charge in [0.2, 0.25) is 0 Å². The highest BCUT2D eigenvalue weighted by molar-refractivity contribution is 4.84. The lowest BCUT2D eigenvalue weighted by Crippen LogP contribution is -2.47. The summed E-state index contributed by atoms with van der Waals surface area (Å²) in [5.41, 5.74) is -0.745. The van der Waals surface area contributed by atoms with Crippen molar-refractivity contribution in [1.82, 2.24) is 5.32 Å². The number of aliphatic hydroxyl groups is 2. The maximum atomic E-state index is 10.1. The number of nitrogens with one attached hydrogen (secondary N) is 1. The standard InChI is InChI=1S/C11H23NO3/c1-10(2,9-13)7-12-8-11(14)3-5-15-6-4-11/h12-14H,3-9H2,1-2H3.